The Kier molecular flexibility index (Phi) is 6.62. The molecule has 0 fully saturated rings. The van der Waals surface area contributed by atoms with E-state index >= 15 is 0 Å². The molecule has 166 valence electrons. The van der Waals surface area contributed by atoms with Crippen LogP contribution < -0.4 is 14.8 Å². The number of aromatic carboxylic acids is 1. The van der Waals surface area contributed by atoms with Gasteiger partial charge in [0, 0.05) is 5.69 Å². The number of hydrogen-bond acceptors (Lipinski definition) is 4. The van der Waals surface area contributed by atoms with Gasteiger partial charge in [-0.2, -0.15) is 0 Å². The molecule has 0 saturated carbocycles. The number of carboxylic acid groups (broad SMARTS) is 1. The molecule has 0 unspecified atom stereocenters. The van der Waals surface area contributed by atoms with Gasteiger partial charge >= 0.3 is 12.3 Å². The van der Waals surface area contributed by atoms with Crippen LogP contribution in [0, 0.1) is 0 Å². The lowest BCUT2D eigenvalue weighted by atomic mass is 10.1. The molecule has 0 aliphatic rings. The fraction of sp³-hybridized carbons (Fsp3) is 0.0909. The minimum Gasteiger partial charge on any atom is -0.478 e. The van der Waals surface area contributed by atoms with Crippen molar-refractivity contribution in [3.05, 3.63) is 83.4 Å². The maximum Gasteiger partial charge on any atom is 0.573 e. The molecule has 3 rings (SSSR count). The van der Waals surface area contributed by atoms with E-state index in [-0.39, 0.29) is 28.2 Å². The third-order valence-corrected chi connectivity index (χ3v) is 4.12. The van der Waals surface area contributed by atoms with Gasteiger partial charge in [0.15, 0.2) is 0 Å². The van der Waals surface area contributed by atoms with Crippen molar-refractivity contribution in [2.24, 2.45) is 0 Å². The van der Waals surface area contributed by atoms with Gasteiger partial charge in [-0.25, -0.2) is 9.18 Å². The summed E-state index contributed by atoms with van der Waals surface area (Å²) < 4.78 is 59.4. The number of rotatable bonds is 7. The predicted molar refractivity (Wildman–Crippen MR) is 106 cm³/mol. The van der Waals surface area contributed by atoms with E-state index < -0.39 is 30.7 Å². The standard InChI is InChI=1S/C22H15F4NO5/c23-12-13-1-10-18(20(28)27-15-4-2-14(3-5-15)21(29)30)19(11-13)31-16-6-8-17(9-7-16)32-22(24,25)26/h1-11H,12H2,(H,27,28)(H,29,30). The van der Waals surface area contributed by atoms with E-state index in [1.54, 1.807) is 0 Å². The third kappa shape index (κ3) is 5.97. The summed E-state index contributed by atoms with van der Waals surface area (Å²) in [5.74, 6) is -2.12. The molecular formula is C22H15F4NO5. The molecule has 0 aromatic heterocycles. The fourth-order valence-electron chi connectivity index (χ4n) is 2.65. The van der Waals surface area contributed by atoms with Crippen molar-refractivity contribution < 1.29 is 41.7 Å². The SMILES string of the molecule is O=C(O)c1ccc(NC(=O)c2ccc(CF)cc2Oc2ccc(OC(F)(F)F)cc2)cc1. The number of carboxylic acids is 1. The van der Waals surface area contributed by atoms with Crippen molar-refractivity contribution in [2.45, 2.75) is 13.0 Å². The largest absolute Gasteiger partial charge is 0.573 e. The van der Waals surface area contributed by atoms with Crippen molar-refractivity contribution in [3.8, 4) is 17.2 Å². The zero-order valence-corrected chi connectivity index (χ0v) is 16.2. The summed E-state index contributed by atoms with van der Waals surface area (Å²) in [4.78, 5) is 23.6. The number of nitrogens with one attached hydrogen (secondary N) is 1. The van der Waals surface area contributed by atoms with Crippen LogP contribution in [0.25, 0.3) is 0 Å². The van der Waals surface area contributed by atoms with Crippen molar-refractivity contribution in [1.29, 1.82) is 0 Å². The van der Waals surface area contributed by atoms with Crippen LogP contribution in [0.3, 0.4) is 0 Å². The van der Waals surface area contributed by atoms with Gasteiger partial charge in [-0.3, -0.25) is 4.79 Å². The molecule has 0 saturated heterocycles. The Morgan fingerprint density at radius 2 is 1.53 bits per heavy atom. The summed E-state index contributed by atoms with van der Waals surface area (Å²) in [6, 6.07) is 13.9. The Bertz CT molecular complexity index is 1110. The van der Waals surface area contributed by atoms with E-state index in [0.29, 0.717) is 5.69 Å². The Morgan fingerprint density at radius 1 is 0.906 bits per heavy atom. The molecule has 0 atom stereocenters. The van der Waals surface area contributed by atoms with E-state index in [2.05, 4.69) is 10.1 Å². The van der Waals surface area contributed by atoms with Crippen molar-refractivity contribution in [2.75, 3.05) is 5.32 Å². The maximum atomic E-state index is 13.1. The monoisotopic (exact) mass is 449 g/mol. The summed E-state index contributed by atoms with van der Waals surface area (Å²) in [6.07, 6.45) is -4.84. The van der Waals surface area contributed by atoms with Crippen LogP contribution in [0.15, 0.2) is 66.7 Å². The second-order valence-electron chi connectivity index (χ2n) is 6.42. The second-order valence-corrected chi connectivity index (χ2v) is 6.42. The summed E-state index contributed by atoms with van der Waals surface area (Å²) in [5.41, 5.74) is 0.603. The lowest BCUT2D eigenvalue weighted by Gasteiger charge is -2.14. The van der Waals surface area contributed by atoms with Crippen LogP contribution in [0.2, 0.25) is 0 Å². The van der Waals surface area contributed by atoms with Gasteiger partial charge in [0.05, 0.1) is 11.1 Å². The lowest BCUT2D eigenvalue weighted by molar-refractivity contribution is -0.274. The number of alkyl halides is 4. The van der Waals surface area contributed by atoms with Crippen LogP contribution in [-0.2, 0) is 6.67 Å². The summed E-state index contributed by atoms with van der Waals surface area (Å²) in [5, 5.41) is 11.5. The van der Waals surface area contributed by atoms with Gasteiger partial charge in [0.2, 0.25) is 0 Å². The van der Waals surface area contributed by atoms with E-state index in [9.17, 15) is 27.2 Å². The van der Waals surface area contributed by atoms with E-state index in [0.717, 1.165) is 12.1 Å². The van der Waals surface area contributed by atoms with Crippen LogP contribution >= 0.6 is 0 Å². The lowest BCUT2D eigenvalue weighted by Crippen LogP contribution is -2.16. The number of carbonyl (C=O) groups is 2. The first kappa shape index (κ1) is 22.6. The highest BCUT2D eigenvalue weighted by Crippen LogP contribution is 2.30. The van der Waals surface area contributed by atoms with Crippen LogP contribution in [0.4, 0.5) is 23.2 Å². The molecule has 1 amide bonds. The van der Waals surface area contributed by atoms with E-state index in [1.807, 2.05) is 0 Å². The molecule has 0 aliphatic heterocycles. The zero-order valence-electron chi connectivity index (χ0n) is 16.2. The predicted octanol–water partition coefficient (Wildman–Crippen LogP) is 5.80. The van der Waals surface area contributed by atoms with Crippen molar-refractivity contribution >= 4 is 17.6 Å². The highest BCUT2D eigenvalue weighted by molar-refractivity contribution is 6.06. The number of anilines is 1. The quantitative estimate of drug-likeness (QED) is 0.446. The highest BCUT2D eigenvalue weighted by atomic mass is 19.4. The summed E-state index contributed by atoms with van der Waals surface area (Å²) >= 11 is 0. The number of amides is 1. The molecule has 0 bridgehead atoms. The Hall–Kier alpha value is -4.08. The maximum absolute atomic E-state index is 13.1. The first-order valence-electron chi connectivity index (χ1n) is 9.02. The molecule has 3 aromatic carbocycles. The fourth-order valence-corrected chi connectivity index (χ4v) is 2.65. The molecule has 2 N–H and O–H groups in total. The molecule has 0 aliphatic carbocycles. The number of ether oxygens (including phenoxy) is 2. The van der Waals surface area contributed by atoms with Gasteiger partial charge in [-0.05, 0) is 66.2 Å². The molecule has 0 radical (unpaired) electrons. The molecule has 3 aromatic rings. The Balaban J connectivity index is 1.81. The molecular weight excluding hydrogens is 434 g/mol. The summed E-state index contributed by atoms with van der Waals surface area (Å²) in [6.45, 7) is -0.826. The minimum absolute atomic E-state index is 0.0238. The van der Waals surface area contributed by atoms with Crippen LogP contribution in [-0.4, -0.2) is 23.3 Å². The Labute approximate surface area is 179 Å². The van der Waals surface area contributed by atoms with Gasteiger partial charge in [-0.1, -0.05) is 6.07 Å². The van der Waals surface area contributed by atoms with Gasteiger partial charge in [0.1, 0.15) is 23.9 Å². The van der Waals surface area contributed by atoms with E-state index in [1.165, 1.54) is 54.6 Å². The number of hydrogen-bond donors (Lipinski definition) is 2. The van der Waals surface area contributed by atoms with Crippen molar-refractivity contribution in [1.82, 2.24) is 0 Å². The first-order valence-corrected chi connectivity index (χ1v) is 9.02. The number of carbonyl (C=O) groups excluding carboxylic acids is 1. The second kappa shape index (κ2) is 9.38. The molecule has 32 heavy (non-hydrogen) atoms. The molecule has 6 nitrogen and oxygen atoms in total. The van der Waals surface area contributed by atoms with Gasteiger partial charge in [0.25, 0.3) is 5.91 Å². The number of halogens is 4. The topological polar surface area (TPSA) is 84.9 Å². The minimum atomic E-state index is -4.84. The average Bonchev–Trinajstić information content (AvgIpc) is 2.74. The summed E-state index contributed by atoms with van der Waals surface area (Å²) in [7, 11) is 0. The first-order chi connectivity index (χ1) is 15.1. The van der Waals surface area contributed by atoms with Crippen molar-refractivity contribution in [3.63, 3.8) is 0 Å². The smallest absolute Gasteiger partial charge is 0.478 e. The highest BCUT2D eigenvalue weighted by Gasteiger charge is 2.31. The Morgan fingerprint density at radius 3 is 2.09 bits per heavy atom. The normalized spacial score (nSPS) is 11.0. The molecule has 0 spiro atoms. The average molecular weight is 449 g/mol. The van der Waals surface area contributed by atoms with Gasteiger partial charge in [-0.15, -0.1) is 13.2 Å². The van der Waals surface area contributed by atoms with E-state index in [4.69, 9.17) is 9.84 Å². The van der Waals surface area contributed by atoms with Crippen LogP contribution in [0.5, 0.6) is 17.2 Å². The third-order valence-electron chi connectivity index (χ3n) is 4.12. The van der Waals surface area contributed by atoms with Crippen LogP contribution in [0.1, 0.15) is 26.3 Å². The number of benzene rings is 3. The molecule has 10 heteroatoms. The molecule has 0 heterocycles. The zero-order chi connectivity index (χ0) is 23.3. The van der Waals surface area contributed by atoms with Gasteiger partial charge < -0.3 is 19.9 Å².